The van der Waals surface area contributed by atoms with Gasteiger partial charge in [0.05, 0.1) is 0 Å². The monoisotopic (exact) mass is 288 g/mol. The Balaban J connectivity index is 1.31. The average molecular weight is 288 g/mol. The van der Waals surface area contributed by atoms with Gasteiger partial charge in [0, 0.05) is 56.2 Å². The summed E-state index contributed by atoms with van der Waals surface area (Å²) in [4.78, 5) is 18.0. The second-order valence-corrected chi connectivity index (χ2v) is 5.99. The summed E-state index contributed by atoms with van der Waals surface area (Å²) in [6.07, 6.45) is 8.15. The molecule has 1 aromatic heterocycles. The summed E-state index contributed by atoms with van der Waals surface area (Å²) >= 11 is 0. The molecule has 0 atom stereocenters. The van der Waals surface area contributed by atoms with Gasteiger partial charge in [-0.25, -0.2) is 0 Å². The van der Waals surface area contributed by atoms with Crippen LogP contribution < -0.4 is 15.5 Å². The van der Waals surface area contributed by atoms with Crippen molar-refractivity contribution in [1.29, 1.82) is 0 Å². The molecule has 2 heterocycles. The van der Waals surface area contributed by atoms with E-state index in [1.807, 2.05) is 12.4 Å². The van der Waals surface area contributed by atoms with E-state index in [1.165, 1.54) is 5.69 Å². The molecule has 0 aromatic carbocycles. The standard InChI is InChI=1S/C16H24N4O/c21-16(13-1-2-13)19-10-9-18-14-5-11-20(12-6-14)15-3-7-17-8-4-15/h3-4,7-8,13-14,18H,1-2,5-6,9-12H2,(H,19,21). The van der Waals surface area contributed by atoms with Gasteiger partial charge in [-0.1, -0.05) is 0 Å². The predicted octanol–water partition coefficient (Wildman–Crippen LogP) is 1.17. The molecule has 1 aromatic rings. The van der Waals surface area contributed by atoms with Gasteiger partial charge in [-0.15, -0.1) is 0 Å². The lowest BCUT2D eigenvalue weighted by Crippen LogP contribution is -2.44. The maximum Gasteiger partial charge on any atom is 0.223 e. The molecule has 5 nitrogen and oxygen atoms in total. The summed E-state index contributed by atoms with van der Waals surface area (Å²) < 4.78 is 0. The Morgan fingerprint density at radius 2 is 1.86 bits per heavy atom. The third-order valence-corrected chi connectivity index (χ3v) is 4.33. The van der Waals surface area contributed by atoms with Crippen LogP contribution in [-0.4, -0.2) is 43.1 Å². The molecular formula is C16H24N4O. The highest BCUT2D eigenvalue weighted by atomic mass is 16.2. The topological polar surface area (TPSA) is 57.3 Å². The number of hydrogen-bond acceptors (Lipinski definition) is 4. The minimum Gasteiger partial charge on any atom is -0.371 e. The Labute approximate surface area is 126 Å². The number of rotatable bonds is 6. The number of piperidine rings is 1. The molecule has 21 heavy (non-hydrogen) atoms. The fraction of sp³-hybridized carbons (Fsp3) is 0.625. The van der Waals surface area contributed by atoms with Gasteiger partial charge in [-0.2, -0.15) is 0 Å². The van der Waals surface area contributed by atoms with Crippen molar-refractivity contribution in [3.63, 3.8) is 0 Å². The third kappa shape index (κ3) is 4.17. The van der Waals surface area contributed by atoms with Gasteiger partial charge in [0.25, 0.3) is 0 Å². The van der Waals surface area contributed by atoms with Crippen LogP contribution in [0.5, 0.6) is 0 Å². The summed E-state index contributed by atoms with van der Waals surface area (Å²) in [7, 11) is 0. The summed E-state index contributed by atoms with van der Waals surface area (Å²) in [5.41, 5.74) is 1.26. The van der Waals surface area contributed by atoms with Crippen molar-refractivity contribution in [3.8, 4) is 0 Å². The minimum atomic E-state index is 0.240. The maximum atomic E-state index is 11.5. The molecule has 0 radical (unpaired) electrons. The molecule has 0 bridgehead atoms. The predicted molar refractivity (Wildman–Crippen MR) is 83.2 cm³/mol. The smallest absolute Gasteiger partial charge is 0.223 e. The van der Waals surface area contributed by atoms with Crippen LogP contribution in [0.3, 0.4) is 0 Å². The lowest BCUT2D eigenvalue weighted by molar-refractivity contribution is -0.122. The molecule has 5 heteroatoms. The summed E-state index contributed by atoms with van der Waals surface area (Å²) in [5, 5.41) is 6.55. The fourth-order valence-corrected chi connectivity index (χ4v) is 2.85. The van der Waals surface area contributed by atoms with Crippen molar-refractivity contribution in [2.24, 2.45) is 5.92 Å². The zero-order chi connectivity index (χ0) is 14.5. The van der Waals surface area contributed by atoms with E-state index >= 15 is 0 Å². The highest BCUT2D eigenvalue weighted by molar-refractivity contribution is 5.80. The molecule has 0 spiro atoms. The molecule has 1 saturated carbocycles. The Morgan fingerprint density at radius 1 is 1.14 bits per heavy atom. The minimum absolute atomic E-state index is 0.240. The van der Waals surface area contributed by atoms with Gasteiger partial charge >= 0.3 is 0 Å². The van der Waals surface area contributed by atoms with E-state index in [4.69, 9.17) is 0 Å². The first kappa shape index (κ1) is 14.3. The van der Waals surface area contributed by atoms with Crippen molar-refractivity contribution < 1.29 is 4.79 Å². The van der Waals surface area contributed by atoms with Gasteiger partial charge in [0.15, 0.2) is 0 Å². The lowest BCUT2D eigenvalue weighted by atomic mass is 10.0. The van der Waals surface area contributed by atoms with Crippen molar-refractivity contribution in [2.45, 2.75) is 31.7 Å². The van der Waals surface area contributed by atoms with Gasteiger partial charge < -0.3 is 15.5 Å². The van der Waals surface area contributed by atoms with E-state index in [0.29, 0.717) is 12.0 Å². The van der Waals surface area contributed by atoms with Crippen molar-refractivity contribution >= 4 is 11.6 Å². The molecule has 2 N–H and O–H groups in total. The summed E-state index contributed by atoms with van der Waals surface area (Å²) in [6, 6.07) is 4.71. The van der Waals surface area contributed by atoms with E-state index in [1.54, 1.807) is 0 Å². The van der Waals surface area contributed by atoms with E-state index in [-0.39, 0.29) is 5.91 Å². The second kappa shape index (κ2) is 6.89. The highest BCUT2D eigenvalue weighted by Crippen LogP contribution is 2.28. The molecule has 0 unspecified atom stereocenters. The Morgan fingerprint density at radius 3 is 2.52 bits per heavy atom. The second-order valence-electron chi connectivity index (χ2n) is 5.99. The molecule has 2 aliphatic rings. The van der Waals surface area contributed by atoms with Crippen LogP contribution >= 0.6 is 0 Å². The number of anilines is 1. The number of amides is 1. The Bertz CT molecular complexity index is 453. The zero-order valence-electron chi connectivity index (χ0n) is 12.4. The molecule has 3 rings (SSSR count). The molecular weight excluding hydrogens is 264 g/mol. The number of carbonyl (C=O) groups excluding carboxylic acids is 1. The molecule has 1 aliphatic carbocycles. The molecule has 1 amide bonds. The molecule has 2 fully saturated rings. The van der Waals surface area contributed by atoms with Crippen LogP contribution in [0.1, 0.15) is 25.7 Å². The van der Waals surface area contributed by atoms with Crippen LogP contribution in [0.15, 0.2) is 24.5 Å². The van der Waals surface area contributed by atoms with Gasteiger partial charge in [-0.3, -0.25) is 9.78 Å². The number of carbonyl (C=O) groups is 1. The van der Waals surface area contributed by atoms with Crippen LogP contribution in [-0.2, 0) is 4.79 Å². The number of hydrogen-bond donors (Lipinski definition) is 2. The van der Waals surface area contributed by atoms with E-state index in [9.17, 15) is 4.79 Å². The SMILES string of the molecule is O=C(NCCNC1CCN(c2ccncc2)CC1)C1CC1. The third-order valence-electron chi connectivity index (χ3n) is 4.33. The Hall–Kier alpha value is -1.62. The van der Waals surface area contributed by atoms with E-state index < -0.39 is 0 Å². The highest BCUT2D eigenvalue weighted by Gasteiger charge is 2.29. The van der Waals surface area contributed by atoms with Crippen LogP contribution in [0.25, 0.3) is 0 Å². The first-order valence-corrected chi connectivity index (χ1v) is 7.99. The van der Waals surface area contributed by atoms with Gasteiger partial charge in [0.2, 0.25) is 5.91 Å². The quantitative estimate of drug-likeness (QED) is 0.772. The van der Waals surface area contributed by atoms with Crippen LogP contribution in [0, 0.1) is 5.92 Å². The summed E-state index contributed by atoms with van der Waals surface area (Å²) in [5.74, 6) is 0.554. The largest absolute Gasteiger partial charge is 0.371 e. The van der Waals surface area contributed by atoms with Gasteiger partial charge in [-0.05, 0) is 37.8 Å². The first-order chi connectivity index (χ1) is 10.3. The van der Waals surface area contributed by atoms with Crippen LogP contribution in [0.4, 0.5) is 5.69 Å². The molecule has 1 aliphatic heterocycles. The zero-order valence-corrected chi connectivity index (χ0v) is 12.4. The fourth-order valence-electron chi connectivity index (χ4n) is 2.85. The van der Waals surface area contributed by atoms with E-state index in [0.717, 1.165) is 51.9 Å². The number of aromatic nitrogens is 1. The number of nitrogens with zero attached hydrogens (tertiary/aromatic N) is 2. The molecule has 114 valence electrons. The first-order valence-electron chi connectivity index (χ1n) is 7.99. The van der Waals surface area contributed by atoms with Crippen molar-refractivity contribution in [3.05, 3.63) is 24.5 Å². The average Bonchev–Trinajstić information content (AvgIpc) is 3.38. The van der Waals surface area contributed by atoms with Crippen molar-refractivity contribution in [2.75, 3.05) is 31.1 Å². The number of pyridine rings is 1. The maximum absolute atomic E-state index is 11.5. The normalized spacial score (nSPS) is 19.5. The lowest BCUT2D eigenvalue weighted by Gasteiger charge is -2.34. The van der Waals surface area contributed by atoms with Crippen LogP contribution in [0.2, 0.25) is 0 Å². The molecule has 1 saturated heterocycles. The number of nitrogens with one attached hydrogen (secondary N) is 2. The summed E-state index contributed by atoms with van der Waals surface area (Å²) in [6.45, 7) is 3.78. The van der Waals surface area contributed by atoms with Crippen molar-refractivity contribution in [1.82, 2.24) is 15.6 Å². The van der Waals surface area contributed by atoms with Gasteiger partial charge in [0.1, 0.15) is 0 Å². The van der Waals surface area contributed by atoms with E-state index in [2.05, 4.69) is 32.7 Å². The Kier molecular flexibility index (Phi) is 4.70.